The average Bonchev–Trinajstić information content (AvgIpc) is 2.50. The van der Waals surface area contributed by atoms with Gasteiger partial charge in [-0.15, -0.1) is 0 Å². The summed E-state index contributed by atoms with van der Waals surface area (Å²) in [6.45, 7) is 2.27. The molecule has 3 nitrogen and oxygen atoms in total. The van der Waals surface area contributed by atoms with Gasteiger partial charge >= 0.3 is 0 Å². The Labute approximate surface area is 122 Å². The van der Waals surface area contributed by atoms with E-state index in [1.807, 2.05) is 12.1 Å². The van der Waals surface area contributed by atoms with Crippen LogP contribution in [0.15, 0.2) is 18.2 Å². The van der Waals surface area contributed by atoms with Crippen molar-refractivity contribution >= 4 is 11.4 Å². The number of methoxy groups -OCH3 is 1. The van der Waals surface area contributed by atoms with Crippen molar-refractivity contribution in [2.45, 2.75) is 44.9 Å². The number of para-hydroxylation sites is 1. The number of hydrogen-bond acceptors (Lipinski definition) is 3. The van der Waals surface area contributed by atoms with Gasteiger partial charge in [0.2, 0.25) is 0 Å². The molecule has 1 aliphatic heterocycles. The maximum absolute atomic E-state index is 6.23. The van der Waals surface area contributed by atoms with Crippen molar-refractivity contribution in [1.29, 1.82) is 0 Å². The molecule has 110 valence electrons. The Morgan fingerprint density at radius 1 is 1.05 bits per heavy atom. The van der Waals surface area contributed by atoms with Crippen LogP contribution in [0.5, 0.6) is 5.75 Å². The van der Waals surface area contributed by atoms with Crippen LogP contribution >= 0.6 is 0 Å². The summed E-state index contributed by atoms with van der Waals surface area (Å²) in [4.78, 5) is 2.44. The molecule has 1 aliphatic carbocycles. The first-order chi connectivity index (χ1) is 9.74. The zero-order chi connectivity index (χ0) is 14.0. The van der Waals surface area contributed by atoms with Gasteiger partial charge in [-0.3, -0.25) is 0 Å². The maximum Gasteiger partial charge on any atom is 0.143 e. The minimum absolute atomic E-state index is 0.641. The van der Waals surface area contributed by atoms with Crippen molar-refractivity contribution in [1.82, 2.24) is 0 Å². The molecular weight excluding hydrogens is 248 g/mol. The van der Waals surface area contributed by atoms with Crippen LogP contribution in [0.3, 0.4) is 0 Å². The first-order valence-electron chi connectivity index (χ1n) is 7.92. The van der Waals surface area contributed by atoms with Crippen molar-refractivity contribution in [3.63, 3.8) is 0 Å². The van der Waals surface area contributed by atoms with E-state index in [2.05, 4.69) is 11.0 Å². The van der Waals surface area contributed by atoms with Gasteiger partial charge in [-0.2, -0.15) is 0 Å². The average molecular weight is 274 g/mol. The van der Waals surface area contributed by atoms with Gasteiger partial charge in [0, 0.05) is 13.1 Å². The van der Waals surface area contributed by atoms with Crippen LogP contribution in [0.1, 0.15) is 44.9 Å². The smallest absolute Gasteiger partial charge is 0.143 e. The minimum Gasteiger partial charge on any atom is -0.495 e. The van der Waals surface area contributed by atoms with Gasteiger partial charge in [0.15, 0.2) is 0 Å². The van der Waals surface area contributed by atoms with Crippen LogP contribution in [0, 0.1) is 5.41 Å². The topological polar surface area (TPSA) is 38.5 Å². The Kier molecular flexibility index (Phi) is 3.77. The van der Waals surface area contributed by atoms with E-state index >= 15 is 0 Å². The van der Waals surface area contributed by atoms with Crippen molar-refractivity contribution in [2.24, 2.45) is 5.41 Å². The molecule has 1 spiro atoms. The molecule has 3 heteroatoms. The number of piperidine rings is 1. The van der Waals surface area contributed by atoms with Crippen LogP contribution in [0.2, 0.25) is 0 Å². The Balaban J connectivity index is 1.72. The predicted octanol–water partition coefficient (Wildman–Crippen LogP) is 3.83. The molecule has 2 fully saturated rings. The molecule has 2 aliphatic rings. The first-order valence-corrected chi connectivity index (χ1v) is 7.92. The van der Waals surface area contributed by atoms with E-state index in [-0.39, 0.29) is 0 Å². The Morgan fingerprint density at radius 2 is 1.75 bits per heavy atom. The predicted molar refractivity (Wildman–Crippen MR) is 84.4 cm³/mol. The van der Waals surface area contributed by atoms with E-state index in [4.69, 9.17) is 10.5 Å². The quantitative estimate of drug-likeness (QED) is 0.833. The van der Waals surface area contributed by atoms with Gasteiger partial charge in [0.05, 0.1) is 18.5 Å². The monoisotopic (exact) mass is 274 g/mol. The zero-order valence-corrected chi connectivity index (χ0v) is 12.5. The maximum atomic E-state index is 6.23. The lowest BCUT2D eigenvalue weighted by Crippen LogP contribution is -2.41. The highest BCUT2D eigenvalue weighted by Crippen LogP contribution is 2.46. The first kappa shape index (κ1) is 13.6. The molecule has 1 heterocycles. The van der Waals surface area contributed by atoms with E-state index in [1.54, 1.807) is 7.11 Å². The van der Waals surface area contributed by atoms with Gasteiger partial charge in [-0.05, 0) is 43.2 Å². The molecule has 1 aromatic rings. The van der Waals surface area contributed by atoms with E-state index < -0.39 is 0 Å². The van der Waals surface area contributed by atoms with E-state index in [9.17, 15) is 0 Å². The summed E-state index contributed by atoms with van der Waals surface area (Å²) in [5.74, 6) is 0.792. The summed E-state index contributed by atoms with van der Waals surface area (Å²) >= 11 is 0. The molecule has 20 heavy (non-hydrogen) atoms. The Bertz CT molecular complexity index is 456. The summed E-state index contributed by atoms with van der Waals surface area (Å²) in [6, 6.07) is 6.09. The fraction of sp³-hybridized carbons (Fsp3) is 0.647. The molecule has 0 aromatic heterocycles. The van der Waals surface area contributed by atoms with Crippen LogP contribution in [-0.4, -0.2) is 20.2 Å². The number of rotatable bonds is 2. The highest BCUT2D eigenvalue weighted by molar-refractivity contribution is 5.74. The molecule has 3 rings (SSSR count). The lowest BCUT2D eigenvalue weighted by Gasteiger charge is -2.45. The standard InChI is InChI=1S/C17H26N2O/c1-20-15-7-5-6-14(16(15)18)19-12-10-17(11-13-19)8-3-2-4-9-17/h5-7H,2-4,8-13,18H2,1H3. The van der Waals surface area contributed by atoms with Crippen LogP contribution < -0.4 is 15.4 Å². The van der Waals surface area contributed by atoms with E-state index in [0.29, 0.717) is 5.41 Å². The molecule has 0 unspecified atom stereocenters. The largest absolute Gasteiger partial charge is 0.495 e. The van der Waals surface area contributed by atoms with Crippen LogP contribution in [0.4, 0.5) is 11.4 Å². The molecule has 1 saturated heterocycles. The number of nitrogen functional groups attached to an aromatic ring is 1. The van der Waals surface area contributed by atoms with Gasteiger partial charge in [0.1, 0.15) is 5.75 Å². The molecule has 0 atom stereocenters. The Hall–Kier alpha value is -1.38. The van der Waals surface area contributed by atoms with Crippen molar-refractivity contribution in [3.8, 4) is 5.75 Å². The summed E-state index contributed by atoms with van der Waals surface area (Å²) in [5, 5.41) is 0. The van der Waals surface area contributed by atoms with Gasteiger partial charge in [0.25, 0.3) is 0 Å². The highest BCUT2D eigenvalue weighted by atomic mass is 16.5. The zero-order valence-electron chi connectivity index (χ0n) is 12.5. The van der Waals surface area contributed by atoms with Crippen LogP contribution in [0.25, 0.3) is 0 Å². The van der Waals surface area contributed by atoms with Crippen molar-refractivity contribution in [2.75, 3.05) is 30.8 Å². The SMILES string of the molecule is COc1cccc(N2CCC3(CCCCC3)CC2)c1N. The molecule has 0 bridgehead atoms. The number of hydrogen-bond donors (Lipinski definition) is 1. The molecule has 1 aromatic carbocycles. The van der Waals surface area contributed by atoms with E-state index in [1.165, 1.54) is 44.9 Å². The van der Waals surface area contributed by atoms with E-state index in [0.717, 1.165) is 30.2 Å². The third-order valence-corrected chi connectivity index (χ3v) is 5.34. The summed E-state index contributed by atoms with van der Waals surface area (Å²) in [5.41, 5.74) is 8.80. The normalized spacial score (nSPS) is 21.9. The lowest BCUT2D eigenvalue weighted by molar-refractivity contribution is 0.144. The molecular formula is C17H26N2O. The molecule has 1 saturated carbocycles. The lowest BCUT2D eigenvalue weighted by atomic mass is 9.68. The third-order valence-electron chi connectivity index (χ3n) is 5.34. The molecule has 0 radical (unpaired) electrons. The number of benzene rings is 1. The second-order valence-corrected chi connectivity index (χ2v) is 6.44. The third kappa shape index (κ3) is 2.46. The fourth-order valence-electron chi connectivity index (χ4n) is 4.01. The van der Waals surface area contributed by atoms with Crippen molar-refractivity contribution < 1.29 is 4.74 Å². The fourth-order valence-corrected chi connectivity index (χ4v) is 4.01. The van der Waals surface area contributed by atoms with Crippen molar-refractivity contribution in [3.05, 3.63) is 18.2 Å². The number of nitrogens with zero attached hydrogens (tertiary/aromatic N) is 1. The summed E-state index contributed by atoms with van der Waals surface area (Å²) in [7, 11) is 1.68. The molecule has 2 N–H and O–H groups in total. The summed E-state index contributed by atoms with van der Waals surface area (Å²) in [6.07, 6.45) is 9.83. The summed E-state index contributed by atoms with van der Waals surface area (Å²) < 4.78 is 5.33. The highest BCUT2D eigenvalue weighted by Gasteiger charge is 2.35. The second kappa shape index (κ2) is 5.55. The number of ether oxygens (including phenoxy) is 1. The number of anilines is 2. The Morgan fingerprint density at radius 3 is 2.40 bits per heavy atom. The number of nitrogens with two attached hydrogens (primary N) is 1. The van der Waals surface area contributed by atoms with Gasteiger partial charge in [-0.25, -0.2) is 0 Å². The minimum atomic E-state index is 0.641. The second-order valence-electron chi connectivity index (χ2n) is 6.44. The van der Waals surface area contributed by atoms with Crippen LogP contribution in [-0.2, 0) is 0 Å². The van der Waals surface area contributed by atoms with Gasteiger partial charge in [-0.1, -0.05) is 25.3 Å². The van der Waals surface area contributed by atoms with Gasteiger partial charge < -0.3 is 15.4 Å². The molecule has 0 amide bonds.